The highest BCUT2D eigenvalue weighted by atomic mass is 32.2. The van der Waals surface area contributed by atoms with Crippen LogP contribution in [0.5, 0.6) is 0 Å². The Balaban J connectivity index is 0.000000444. The first-order valence-corrected chi connectivity index (χ1v) is 16.2. The van der Waals surface area contributed by atoms with Gasteiger partial charge in [0.15, 0.2) is 32.6 Å². The van der Waals surface area contributed by atoms with Gasteiger partial charge in [0.1, 0.15) is 25.5 Å². The second-order valence-corrected chi connectivity index (χ2v) is 12.6. The van der Waals surface area contributed by atoms with Gasteiger partial charge in [0.05, 0.1) is 22.1 Å². The lowest BCUT2D eigenvalue weighted by Gasteiger charge is -2.09. The van der Waals surface area contributed by atoms with Gasteiger partial charge in [-0.25, -0.2) is 31.0 Å². The van der Waals surface area contributed by atoms with Crippen molar-refractivity contribution in [2.24, 2.45) is 14.1 Å². The molecule has 3 aromatic heterocycles. The van der Waals surface area contributed by atoms with Crippen LogP contribution in [0.4, 0.5) is 37.7 Å². The van der Waals surface area contributed by atoms with Gasteiger partial charge in [0.2, 0.25) is 11.0 Å². The van der Waals surface area contributed by atoms with Crippen molar-refractivity contribution in [1.29, 1.82) is 0 Å². The topological polar surface area (TPSA) is 225 Å². The summed E-state index contributed by atoms with van der Waals surface area (Å²) in [4.78, 5) is 30.3. The number of rotatable bonds is 4. The van der Waals surface area contributed by atoms with Gasteiger partial charge in [-0.1, -0.05) is 18.2 Å². The summed E-state index contributed by atoms with van der Waals surface area (Å²) in [5.41, 5.74) is -7.63. The van der Waals surface area contributed by atoms with Crippen molar-refractivity contribution < 1.29 is 76.5 Å². The van der Waals surface area contributed by atoms with Gasteiger partial charge in [-0.15, -0.1) is 0 Å². The Morgan fingerprint density at radius 1 is 0.608 bits per heavy atom. The lowest BCUT2D eigenvalue weighted by molar-refractivity contribution is -0.645. The van der Waals surface area contributed by atoms with E-state index in [4.69, 9.17) is 25.9 Å². The standard InChI is InChI=1S/C27H21N5O2.2CHF3O3S.H2O/c1-31-16-6-8-18-20(10-4-14-24(18)31)29-26(33)22-12-3-13-23(28-22)27(34)30-21-11-5-15-25-19(21)9-7-17-32(25)2;2*2-1(3,4)8(5,6)7;/h3-17H,1-2H3;2*(H,5,6,7);1H2. The highest BCUT2D eigenvalue weighted by molar-refractivity contribution is 7.86. The van der Waals surface area contributed by atoms with Gasteiger partial charge < -0.3 is 25.2 Å². The normalized spacial score (nSPS) is 11.6. The van der Waals surface area contributed by atoms with Crippen LogP contribution in [0.25, 0.3) is 21.8 Å². The molecule has 2 amide bonds. The van der Waals surface area contributed by atoms with E-state index < -0.39 is 31.3 Å². The molecule has 0 fully saturated rings. The maximum Gasteiger partial charge on any atom is 0.485 e. The molecule has 5 rings (SSSR count). The largest absolute Gasteiger partial charge is 0.741 e. The number of alkyl halides is 6. The fraction of sp³-hybridized carbons (Fsp3) is 0.138. The van der Waals surface area contributed by atoms with Gasteiger partial charge in [-0.05, 0) is 36.4 Å². The van der Waals surface area contributed by atoms with Gasteiger partial charge in [0, 0.05) is 24.3 Å². The van der Waals surface area contributed by atoms with Gasteiger partial charge in [0.25, 0.3) is 11.8 Å². The molecule has 3 heterocycles. The molecule has 0 bridgehead atoms. The number of nitrogens with one attached hydrogen (secondary N) is 2. The summed E-state index contributed by atoms with van der Waals surface area (Å²) in [6.07, 6.45) is 3.90. The van der Waals surface area contributed by atoms with E-state index in [1.165, 1.54) is 0 Å². The number of nitrogens with zero attached hydrogens (tertiary/aromatic N) is 3. The number of fused-ring (bicyclic) bond motifs is 2. The summed E-state index contributed by atoms with van der Waals surface area (Å²) >= 11 is 0. The quantitative estimate of drug-likeness (QED) is 0.119. The second-order valence-electron chi connectivity index (χ2n) is 9.83. The molecule has 22 heteroatoms. The van der Waals surface area contributed by atoms with E-state index in [1.54, 1.807) is 18.2 Å². The highest BCUT2D eigenvalue weighted by Crippen LogP contribution is 2.23. The van der Waals surface area contributed by atoms with E-state index in [-0.39, 0.29) is 28.7 Å². The Labute approximate surface area is 284 Å². The molecule has 274 valence electrons. The molecule has 0 aliphatic carbocycles. The molecule has 5 aromatic rings. The van der Waals surface area contributed by atoms with Crippen LogP contribution in [0.2, 0.25) is 0 Å². The van der Waals surface area contributed by atoms with Gasteiger partial charge in [-0.3, -0.25) is 9.59 Å². The zero-order valence-electron chi connectivity index (χ0n) is 25.9. The minimum Gasteiger partial charge on any atom is -0.741 e. The van der Waals surface area contributed by atoms with Crippen molar-refractivity contribution in [2.75, 3.05) is 10.6 Å². The number of hydrogen-bond acceptors (Lipinski definition) is 9. The van der Waals surface area contributed by atoms with E-state index in [2.05, 4.69) is 15.6 Å². The predicted molar refractivity (Wildman–Crippen MR) is 166 cm³/mol. The Bertz CT molecular complexity index is 2130. The fourth-order valence-corrected chi connectivity index (χ4v) is 4.05. The minimum absolute atomic E-state index is 0. The van der Waals surface area contributed by atoms with Crippen molar-refractivity contribution in [3.05, 3.63) is 103 Å². The van der Waals surface area contributed by atoms with E-state index in [0.29, 0.717) is 11.4 Å². The third kappa shape index (κ3) is 10.8. The maximum atomic E-state index is 13.0. The van der Waals surface area contributed by atoms with E-state index in [9.17, 15) is 35.9 Å². The first-order valence-electron chi connectivity index (χ1n) is 13.4. The zero-order valence-corrected chi connectivity index (χ0v) is 27.5. The number of halogens is 6. The zero-order chi connectivity index (χ0) is 37.7. The summed E-state index contributed by atoms with van der Waals surface area (Å²) in [7, 11) is -8.28. The van der Waals surface area contributed by atoms with E-state index in [0.717, 1.165) is 21.8 Å². The molecule has 0 atom stereocenters. The van der Waals surface area contributed by atoms with E-state index >= 15 is 0 Å². The number of amides is 2. The van der Waals surface area contributed by atoms with Crippen LogP contribution in [0.1, 0.15) is 21.0 Å². The molecule has 51 heavy (non-hydrogen) atoms. The third-order valence-electron chi connectivity index (χ3n) is 6.35. The predicted octanol–water partition coefficient (Wildman–Crippen LogP) is 2.82. The van der Waals surface area contributed by atoms with Crippen molar-refractivity contribution in [1.82, 2.24) is 4.98 Å². The van der Waals surface area contributed by atoms with Crippen molar-refractivity contribution in [3.63, 3.8) is 0 Å². The average molecular weight is 766 g/mol. The number of aryl methyl sites for hydroxylation is 2. The summed E-state index contributed by atoms with van der Waals surface area (Å²) in [5, 5.41) is 7.68. The first kappa shape index (κ1) is 41.9. The smallest absolute Gasteiger partial charge is 0.485 e. The van der Waals surface area contributed by atoms with Crippen molar-refractivity contribution >= 4 is 65.2 Å². The number of aromatic nitrogens is 3. The number of pyridine rings is 3. The van der Waals surface area contributed by atoms with Crippen LogP contribution in [-0.2, 0) is 34.3 Å². The van der Waals surface area contributed by atoms with Crippen LogP contribution in [0, 0.1) is 0 Å². The SMILES string of the molecule is C[n+]1cccc2c(NC(=O)c3cccc(C(=O)Nc4cccc5c4ccc[n+]5C)n3)cccc21.O.O=S(=O)([O-])C(F)(F)F.O=S(=O)([O-])C(F)(F)F. The fourth-order valence-electron chi connectivity index (χ4n) is 4.05. The lowest BCUT2D eigenvalue weighted by Crippen LogP contribution is -2.28. The molecule has 0 spiro atoms. The molecule has 14 nitrogen and oxygen atoms in total. The lowest BCUT2D eigenvalue weighted by atomic mass is 10.1. The minimum atomic E-state index is -6.09. The summed E-state index contributed by atoms with van der Waals surface area (Å²) < 4.78 is 122. The average Bonchev–Trinajstić information content (AvgIpc) is 3.01. The number of carbonyl (C=O) groups is 2. The van der Waals surface area contributed by atoms with Crippen LogP contribution >= 0.6 is 0 Å². The van der Waals surface area contributed by atoms with Crippen molar-refractivity contribution in [3.8, 4) is 0 Å². The summed E-state index contributed by atoms with van der Waals surface area (Å²) in [6.45, 7) is 0. The molecule has 2 aromatic carbocycles. The Morgan fingerprint density at radius 3 is 1.24 bits per heavy atom. The number of benzene rings is 2. The molecule has 0 unspecified atom stereocenters. The van der Waals surface area contributed by atoms with Crippen LogP contribution < -0.4 is 19.8 Å². The third-order valence-corrected chi connectivity index (χ3v) is 7.48. The molecular weight excluding hydrogens is 740 g/mol. The number of carbonyl (C=O) groups excluding carboxylic acids is 2. The molecular formula is C29H25F6N5O9S2. The number of anilines is 2. The molecule has 0 aliphatic heterocycles. The molecule has 4 N–H and O–H groups in total. The maximum absolute atomic E-state index is 13.0. The Hall–Kier alpha value is -5.29. The summed E-state index contributed by atoms with van der Waals surface area (Å²) in [6, 6.07) is 24.0. The Kier molecular flexibility index (Phi) is 13.3. The summed E-state index contributed by atoms with van der Waals surface area (Å²) in [5.74, 6) is -0.767. The monoisotopic (exact) mass is 765 g/mol. The Morgan fingerprint density at radius 2 is 0.922 bits per heavy atom. The number of hydrogen-bond donors (Lipinski definition) is 2. The van der Waals surface area contributed by atoms with E-state index in [1.807, 2.05) is 96.3 Å². The van der Waals surface area contributed by atoms with Crippen LogP contribution in [0.15, 0.2) is 91.3 Å². The molecule has 0 aliphatic rings. The first-order chi connectivity index (χ1) is 23.0. The van der Waals surface area contributed by atoms with Crippen LogP contribution in [0.3, 0.4) is 0 Å². The van der Waals surface area contributed by atoms with Crippen LogP contribution in [-0.4, -0.2) is 59.2 Å². The highest BCUT2D eigenvalue weighted by Gasteiger charge is 2.37. The van der Waals surface area contributed by atoms with Crippen molar-refractivity contribution in [2.45, 2.75) is 11.0 Å². The second kappa shape index (κ2) is 16.2. The molecule has 0 radical (unpaired) electrons. The molecule has 0 saturated heterocycles. The van der Waals surface area contributed by atoms with Gasteiger partial charge >= 0.3 is 11.0 Å². The molecule has 0 saturated carbocycles. The van der Waals surface area contributed by atoms with Gasteiger partial charge in [-0.2, -0.15) is 26.3 Å².